The SMILES string of the molecule is CCOc1ccccc1N(CC(=O)Nc1ccc(OC)c(Cl)c1)S(=O)(=O)c1ccc(SC)cc1. The van der Waals surface area contributed by atoms with E-state index in [1.165, 1.54) is 37.1 Å². The molecule has 0 radical (unpaired) electrons. The Balaban J connectivity index is 1.98. The molecule has 0 atom stereocenters. The predicted molar refractivity (Wildman–Crippen MR) is 137 cm³/mol. The highest BCUT2D eigenvalue weighted by Crippen LogP contribution is 2.33. The Morgan fingerprint density at radius 2 is 1.76 bits per heavy atom. The van der Waals surface area contributed by atoms with Gasteiger partial charge in [0.15, 0.2) is 0 Å². The standard InChI is InChI=1S/C24H25ClN2O5S2/c1-4-32-23-8-6-5-7-21(23)27(34(29,30)19-12-10-18(33-3)11-13-19)16-24(28)26-17-9-14-22(31-2)20(25)15-17/h5-15H,4,16H2,1-3H3,(H,26,28). The lowest BCUT2D eigenvalue weighted by atomic mass is 10.3. The van der Waals surface area contributed by atoms with Crippen LogP contribution in [0.25, 0.3) is 0 Å². The van der Waals surface area contributed by atoms with Crippen LogP contribution < -0.4 is 19.1 Å². The lowest BCUT2D eigenvalue weighted by molar-refractivity contribution is -0.114. The van der Waals surface area contributed by atoms with Crippen LogP contribution in [0.5, 0.6) is 11.5 Å². The smallest absolute Gasteiger partial charge is 0.264 e. The van der Waals surface area contributed by atoms with Gasteiger partial charge in [0.25, 0.3) is 10.0 Å². The second-order valence-electron chi connectivity index (χ2n) is 6.99. The molecule has 0 aliphatic heterocycles. The number of sulfonamides is 1. The molecule has 180 valence electrons. The normalized spacial score (nSPS) is 11.1. The number of hydrogen-bond donors (Lipinski definition) is 1. The molecule has 0 heterocycles. The third-order valence-electron chi connectivity index (χ3n) is 4.80. The highest BCUT2D eigenvalue weighted by atomic mass is 35.5. The molecule has 0 saturated heterocycles. The minimum Gasteiger partial charge on any atom is -0.495 e. The van der Waals surface area contributed by atoms with Crippen molar-refractivity contribution in [1.82, 2.24) is 0 Å². The molecule has 3 aromatic rings. The molecule has 10 heteroatoms. The molecule has 7 nitrogen and oxygen atoms in total. The van der Waals surface area contributed by atoms with Gasteiger partial charge in [-0.25, -0.2) is 8.42 Å². The van der Waals surface area contributed by atoms with E-state index < -0.39 is 22.5 Å². The van der Waals surface area contributed by atoms with Crippen molar-refractivity contribution in [2.75, 3.05) is 36.1 Å². The van der Waals surface area contributed by atoms with Crippen LogP contribution in [0.3, 0.4) is 0 Å². The fourth-order valence-electron chi connectivity index (χ4n) is 3.19. The van der Waals surface area contributed by atoms with E-state index in [0.717, 1.165) is 9.20 Å². The number of anilines is 2. The number of rotatable bonds is 10. The van der Waals surface area contributed by atoms with Gasteiger partial charge in [0.05, 0.1) is 29.3 Å². The monoisotopic (exact) mass is 520 g/mol. The Kier molecular flexibility index (Phi) is 8.71. The van der Waals surface area contributed by atoms with Gasteiger partial charge in [-0.1, -0.05) is 23.7 Å². The minimum absolute atomic E-state index is 0.0666. The number of carbonyl (C=O) groups excluding carboxylic acids is 1. The average molecular weight is 521 g/mol. The Morgan fingerprint density at radius 3 is 2.38 bits per heavy atom. The molecule has 0 fully saturated rings. The number of halogens is 1. The van der Waals surface area contributed by atoms with Gasteiger partial charge in [-0.05, 0) is 67.8 Å². The van der Waals surface area contributed by atoms with Gasteiger partial charge >= 0.3 is 0 Å². The molecule has 0 aromatic heterocycles. The van der Waals surface area contributed by atoms with Gasteiger partial charge in [0.1, 0.15) is 18.0 Å². The van der Waals surface area contributed by atoms with Gasteiger partial charge in [-0.15, -0.1) is 11.8 Å². The van der Waals surface area contributed by atoms with E-state index in [1.807, 2.05) is 6.26 Å². The Hall–Kier alpha value is -2.88. The van der Waals surface area contributed by atoms with Crippen molar-refractivity contribution in [2.45, 2.75) is 16.7 Å². The maximum atomic E-state index is 13.7. The predicted octanol–water partition coefficient (Wildman–Crippen LogP) is 5.30. The van der Waals surface area contributed by atoms with E-state index in [2.05, 4.69) is 5.32 Å². The van der Waals surface area contributed by atoms with Crippen LogP contribution in [0.2, 0.25) is 5.02 Å². The van der Waals surface area contributed by atoms with E-state index in [0.29, 0.717) is 28.8 Å². The van der Waals surface area contributed by atoms with Crippen molar-refractivity contribution in [1.29, 1.82) is 0 Å². The molecule has 34 heavy (non-hydrogen) atoms. The molecular weight excluding hydrogens is 496 g/mol. The fraction of sp³-hybridized carbons (Fsp3) is 0.208. The summed E-state index contributed by atoms with van der Waals surface area (Å²) in [6.45, 7) is 1.67. The van der Waals surface area contributed by atoms with Crippen molar-refractivity contribution in [3.63, 3.8) is 0 Å². The van der Waals surface area contributed by atoms with Crippen LogP contribution in [-0.4, -0.2) is 40.8 Å². The van der Waals surface area contributed by atoms with Crippen molar-refractivity contribution >= 4 is 50.7 Å². The Morgan fingerprint density at radius 1 is 1.06 bits per heavy atom. The summed E-state index contributed by atoms with van der Waals surface area (Å²) in [4.78, 5) is 14.0. The van der Waals surface area contributed by atoms with E-state index >= 15 is 0 Å². The molecule has 1 amide bonds. The number of methoxy groups -OCH3 is 1. The summed E-state index contributed by atoms with van der Waals surface area (Å²) in [6.07, 6.45) is 1.91. The highest BCUT2D eigenvalue weighted by Gasteiger charge is 2.29. The number of ether oxygens (including phenoxy) is 2. The highest BCUT2D eigenvalue weighted by molar-refractivity contribution is 7.98. The molecule has 0 bridgehead atoms. The Labute approximate surface area is 209 Å². The molecule has 3 rings (SSSR count). The number of nitrogens with one attached hydrogen (secondary N) is 1. The summed E-state index contributed by atoms with van der Waals surface area (Å²) in [5.74, 6) is 0.273. The number of carbonyl (C=O) groups is 1. The van der Waals surface area contributed by atoms with Crippen molar-refractivity contribution < 1.29 is 22.7 Å². The number of amides is 1. The van der Waals surface area contributed by atoms with Crippen LogP contribution in [-0.2, 0) is 14.8 Å². The molecule has 1 N–H and O–H groups in total. The van der Waals surface area contributed by atoms with Crippen LogP contribution >= 0.6 is 23.4 Å². The summed E-state index contributed by atoms with van der Waals surface area (Å²) in [5.41, 5.74) is 0.678. The van der Waals surface area contributed by atoms with Gasteiger partial charge in [0, 0.05) is 10.6 Å². The second-order valence-corrected chi connectivity index (χ2v) is 10.1. The fourth-order valence-corrected chi connectivity index (χ4v) is 5.29. The lowest BCUT2D eigenvalue weighted by Crippen LogP contribution is -2.38. The zero-order chi connectivity index (χ0) is 24.7. The maximum absolute atomic E-state index is 13.7. The van der Waals surface area contributed by atoms with E-state index in [-0.39, 0.29) is 10.6 Å². The third-order valence-corrected chi connectivity index (χ3v) is 7.62. The van der Waals surface area contributed by atoms with Crippen LogP contribution in [0.15, 0.2) is 76.5 Å². The first-order chi connectivity index (χ1) is 16.3. The molecular formula is C24H25ClN2O5S2. The first-order valence-corrected chi connectivity index (χ1v) is 13.4. The number of nitrogens with zero attached hydrogens (tertiary/aromatic N) is 1. The number of thioether (sulfide) groups is 1. The van der Waals surface area contributed by atoms with E-state index in [9.17, 15) is 13.2 Å². The zero-order valence-corrected chi connectivity index (χ0v) is 21.3. The molecule has 3 aromatic carbocycles. The summed E-state index contributed by atoms with van der Waals surface area (Å²) < 4.78 is 39.1. The van der Waals surface area contributed by atoms with Crippen molar-refractivity contribution in [3.05, 3.63) is 71.8 Å². The first-order valence-electron chi connectivity index (χ1n) is 10.3. The molecule has 0 spiro atoms. The number of para-hydroxylation sites is 2. The number of benzene rings is 3. The first kappa shape index (κ1) is 25.7. The van der Waals surface area contributed by atoms with Crippen LogP contribution in [0.4, 0.5) is 11.4 Å². The van der Waals surface area contributed by atoms with Gasteiger partial charge in [0.2, 0.25) is 5.91 Å². The second kappa shape index (κ2) is 11.5. The lowest BCUT2D eigenvalue weighted by Gasteiger charge is -2.26. The molecule has 0 aliphatic carbocycles. The zero-order valence-electron chi connectivity index (χ0n) is 18.9. The summed E-state index contributed by atoms with van der Waals surface area (Å²) >= 11 is 7.65. The van der Waals surface area contributed by atoms with Crippen LogP contribution in [0, 0.1) is 0 Å². The molecule has 0 aliphatic rings. The summed E-state index contributed by atoms with van der Waals surface area (Å²) in [5, 5.41) is 3.02. The van der Waals surface area contributed by atoms with Gasteiger partial charge < -0.3 is 14.8 Å². The van der Waals surface area contributed by atoms with Crippen molar-refractivity contribution in [3.8, 4) is 11.5 Å². The van der Waals surface area contributed by atoms with Gasteiger partial charge in [-0.2, -0.15) is 0 Å². The number of hydrogen-bond acceptors (Lipinski definition) is 6. The molecule has 0 unspecified atom stereocenters. The quantitative estimate of drug-likeness (QED) is 0.365. The topological polar surface area (TPSA) is 84.9 Å². The summed E-state index contributed by atoms with van der Waals surface area (Å²) in [7, 11) is -2.60. The summed E-state index contributed by atoms with van der Waals surface area (Å²) in [6, 6.07) is 18.0. The average Bonchev–Trinajstić information content (AvgIpc) is 2.83. The van der Waals surface area contributed by atoms with E-state index in [4.69, 9.17) is 21.1 Å². The Bertz CT molecular complexity index is 1250. The van der Waals surface area contributed by atoms with Crippen molar-refractivity contribution in [2.24, 2.45) is 0 Å². The maximum Gasteiger partial charge on any atom is 0.264 e. The largest absolute Gasteiger partial charge is 0.495 e. The molecule has 0 saturated carbocycles. The third kappa shape index (κ3) is 5.97. The minimum atomic E-state index is -4.09. The van der Waals surface area contributed by atoms with Gasteiger partial charge in [-0.3, -0.25) is 9.10 Å². The van der Waals surface area contributed by atoms with E-state index in [1.54, 1.807) is 55.5 Å². The van der Waals surface area contributed by atoms with Crippen LogP contribution in [0.1, 0.15) is 6.92 Å².